The van der Waals surface area contributed by atoms with Gasteiger partial charge in [0, 0.05) is 30.1 Å². The van der Waals surface area contributed by atoms with Gasteiger partial charge in [-0.15, -0.1) is 0 Å². The third kappa shape index (κ3) is 5.05. The van der Waals surface area contributed by atoms with Gasteiger partial charge in [0.1, 0.15) is 12.1 Å². The number of nitrogens with one attached hydrogen (secondary N) is 1. The highest BCUT2D eigenvalue weighted by Crippen LogP contribution is 2.22. The van der Waals surface area contributed by atoms with E-state index in [2.05, 4.69) is 36.1 Å². The average Bonchev–Trinajstić information content (AvgIpc) is 2.58. The monoisotopic (exact) mass is 327 g/mol. The van der Waals surface area contributed by atoms with Gasteiger partial charge in [-0.3, -0.25) is 4.79 Å². The Morgan fingerprint density at radius 1 is 1.21 bits per heavy atom. The van der Waals surface area contributed by atoms with Gasteiger partial charge in [-0.05, 0) is 24.1 Å². The van der Waals surface area contributed by atoms with Gasteiger partial charge in [0.15, 0.2) is 0 Å². The molecule has 5 heteroatoms. The zero-order chi connectivity index (χ0) is 17.6. The Morgan fingerprint density at radius 3 is 2.54 bits per heavy atom. The number of nitrogens with zero attached hydrogens (tertiary/aromatic N) is 2. The summed E-state index contributed by atoms with van der Waals surface area (Å²) in [7, 11) is 1.64. The summed E-state index contributed by atoms with van der Waals surface area (Å²) in [4.78, 5) is 20.5. The first-order valence-electron chi connectivity index (χ1n) is 8.09. The van der Waals surface area contributed by atoms with Crippen LogP contribution in [-0.2, 0) is 23.2 Å². The molecule has 1 heterocycles. The molecule has 0 radical (unpaired) electrons. The molecule has 2 rings (SSSR count). The van der Waals surface area contributed by atoms with E-state index < -0.39 is 0 Å². The molecule has 0 saturated carbocycles. The maximum atomic E-state index is 12.1. The summed E-state index contributed by atoms with van der Waals surface area (Å²) in [5.74, 6) is 0.844. The predicted molar refractivity (Wildman–Crippen MR) is 93.9 cm³/mol. The lowest BCUT2D eigenvalue weighted by atomic mass is 9.89. The third-order valence-electron chi connectivity index (χ3n) is 3.77. The number of benzene rings is 1. The first-order valence-corrected chi connectivity index (χ1v) is 8.09. The van der Waals surface area contributed by atoms with Crippen molar-refractivity contribution in [3.05, 3.63) is 53.6 Å². The molecule has 0 spiro atoms. The second-order valence-electron chi connectivity index (χ2n) is 6.77. The molecular weight excluding hydrogens is 302 g/mol. The largest absolute Gasteiger partial charge is 0.497 e. The zero-order valence-electron chi connectivity index (χ0n) is 14.8. The predicted octanol–water partition coefficient (Wildman–Crippen LogP) is 3.03. The van der Waals surface area contributed by atoms with Crippen LogP contribution in [0.2, 0.25) is 0 Å². The van der Waals surface area contributed by atoms with Gasteiger partial charge < -0.3 is 10.1 Å². The topological polar surface area (TPSA) is 64.1 Å². The number of amides is 1. The molecule has 0 bridgehead atoms. The third-order valence-corrected chi connectivity index (χ3v) is 3.77. The highest BCUT2D eigenvalue weighted by molar-refractivity contribution is 5.76. The quantitative estimate of drug-likeness (QED) is 0.886. The van der Waals surface area contributed by atoms with Crippen molar-refractivity contribution in [1.29, 1.82) is 0 Å². The Hall–Kier alpha value is -2.43. The van der Waals surface area contributed by atoms with Crippen molar-refractivity contribution in [3.8, 4) is 5.75 Å². The second kappa shape index (κ2) is 7.90. The van der Waals surface area contributed by atoms with Crippen molar-refractivity contribution >= 4 is 5.91 Å². The highest BCUT2D eigenvalue weighted by atomic mass is 16.5. The van der Waals surface area contributed by atoms with Crippen LogP contribution in [0.15, 0.2) is 36.8 Å². The van der Waals surface area contributed by atoms with Crippen LogP contribution in [0.5, 0.6) is 5.75 Å². The van der Waals surface area contributed by atoms with Gasteiger partial charge in [0.25, 0.3) is 0 Å². The molecule has 2 aromatic rings. The summed E-state index contributed by atoms with van der Waals surface area (Å²) >= 11 is 0. The molecule has 1 amide bonds. The fourth-order valence-electron chi connectivity index (χ4n) is 2.50. The number of hydrogen-bond acceptors (Lipinski definition) is 4. The Kier molecular flexibility index (Phi) is 5.90. The van der Waals surface area contributed by atoms with Gasteiger partial charge in [0.05, 0.1) is 12.8 Å². The molecule has 0 aliphatic heterocycles. The minimum atomic E-state index is -0.0773. The van der Waals surface area contributed by atoms with E-state index in [0.29, 0.717) is 19.4 Å². The Labute approximate surface area is 143 Å². The van der Waals surface area contributed by atoms with E-state index in [9.17, 15) is 4.79 Å². The molecule has 0 aliphatic rings. The SMILES string of the molecule is COc1ccc(CCC(=O)NCc2cncnc2C(C)(C)C)cc1. The number of methoxy groups -OCH3 is 1. The van der Waals surface area contributed by atoms with E-state index in [1.807, 2.05) is 24.3 Å². The molecule has 128 valence electrons. The van der Waals surface area contributed by atoms with E-state index in [-0.39, 0.29) is 11.3 Å². The van der Waals surface area contributed by atoms with Crippen molar-refractivity contribution in [1.82, 2.24) is 15.3 Å². The first-order chi connectivity index (χ1) is 11.4. The number of carbonyl (C=O) groups is 1. The summed E-state index contributed by atoms with van der Waals surface area (Å²) in [5, 5.41) is 2.96. The van der Waals surface area contributed by atoms with Crippen LogP contribution in [-0.4, -0.2) is 23.0 Å². The number of aromatic nitrogens is 2. The maximum Gasteiger partial charge on any atom is 0.220 e. The van der Waals surface area contributed by atoms with Gasteiger partial charge in [-0.25, -0.2) is 9.97 Å². The van der Waals surface area contributed by atoms with Crippen LogP contribution in [0.25, 0.3) is 0 Å². The van der Waals surface area contributed by atoms with Crippen molar-refractivity contribution in [2.24, 2.45) is 0 Å². The van der Waals surface area contributed by atoms with Crippen molar-refractivity contribution in [2.75, 3.05) is 7.11 Å². The number of hydrogen-bond donors (Lipinski definition) is 1. The summed E-state index contributed by atoms with van der Waals surface area (Å²) in [6, 6.07) is 7.78. The molecule has 0 unspecified atom stereocenters. The summed E-state index contributed by atoms with van der Waals surface area (Å²) in [6.45, 7) is 6.76. The Bertz CT molecular complexity index is 676. The minimum Gasteiger partial charge on any atom is -0.497 e. The van der Waals surface area contributed by atoms with E-state index in [0.717, 1.165) is 22.6 Å². The van der Waals surface area contributed by atoms with Crippen LogP contribution < -0.4 is 10.1 Å². The van der Waals surface area contributed by atoms with Crippen molar-refractivity contribution < 1.29 is 9.53 Å². The molecular formula is C19H25N3O2. The van der Waals surface area contributed by atoms with Crippen LogP contribution >= 0.6 is 0 Å². The van der Waals surface area contributed by atoms with Gasteiger partial charge >= 0.3 is 0 Å². The molecule has 1 N–H and O–H groups in total. The summed E-state index contributed by atoms with van der Waals surface area (Å²) in [5.41, 5.74) is 2.96. The second-order valence-corrected chi connectivity index (χ2v) is 6.77. The van der Waals surface area contributed by atoms with E-state index in [1.54, 1.807) is 19.6 Å². The molecule has 0 atom stereocenters. The molecule has 0 fully saturated rings. The summed E-state index contributed by atoms with van der Waals surface area (Å²) < 4.78 is 5.13. The first kappa shape index (κ1) is 17.9. The lowest BCUT2D eigenvalue weighted by Gasteiger charge is -2.21. The molecule has 5 nitrogen and oxygen atoms in total. The number of aryl methyl sites for hydroxylation is 1. The van der Waals surface area contributed by atoms with Crippen LogP contribution in [0.4, 0.5) is 0 Å². The van der Waals surface area contributed by atoms with Gasteiger partial charge in [-0.1, -0.05) is 32.9 Å². The van der Waals surface area contributed by atoms with E-state index in [1.165, 1.54) is 0 Å². The lowest BCUT2D eigenvalue weighted by molar-refractivity contribution is -0.121. The van der Waals surface area contributed by atoms with Gasteiger partial charge in [-0.2, -0.15) is 0 Å². The highest BCUT2D eigenvalue weighted by Gasteiger charge is 2.19. The Balaban J connectivity index is 1.87. The average molecular weight is 327 g/mol. The summed E-state index contributed by atoms with van der Waals surface area (Å²) in [6.07, 6.45) is 4.48. The standard InChI is InChI=1S/C19H25N3O2/c1-19(2,3)18-15(11-20-13-22-18)12-21-17(23)10-7-14-5-8-16(24-4)9-6-14/h5-6,8-9,11,13H,7,10,12H2,1-4H3,(H,21,23). The van der Waals surface area contributed by atoms with Crippen molar-refractivity contribution in [2.45, 2.75) is 45.6 Å². The molecule has 1 aromatic heterocycles. The molecule has 1 aromatic carbocycles. The number of rotatable bonds is 6. The van der Waals surface area contributed by atoms with Crippen LogP contribution in [0, 0.1) is 0 Å². The van der Waals surface area contributed by atoms with Crippen LogP contribution in [0.3, 0.4) is 0 Å². The van der Waals surface area contributed by atoms with E-state index in [4.69, 9.17) is 4.74 Å². The zero-order valence-corrected chi connectivity index (χ0v) is 14.8. The fourth-order valence-corrected chi connectivity index (χ4v) is 2.50. The number of ether oxygens (including phenoxy) is 1. The molecule has 0 saturated heterocycles. The van der Waals surface area contributed by atoms with Crippen LogP contribution in [0.1, 0.15) is 44.0 Å². The normalized spacial score (nSPS) is 11.2. The fraction of sp³-hybridized carbons (Fsp3) is 0.421. The number of carbonyl (C=O) groups excluding carboxylic acids is 1. The Morgan fingerprint density at radius 2 is 1.92 bits per heavy atom. The van der Waals surface area contributed by atoms with Gasteiger partial charge in [0.2, 0.25) is 5.91 Å². The minimum absolute atomic E-state index is 0.0227. The molecule has 24 heavy (non-hydrogen) atoms. The van der Waals surface area contributed by atoms with E-state index >= 15 is 0 Å². The maximum absolute atomic E-state index is 12.1. The molecule has 0 aliphatic carbocycles. The smallest absolute Gasteiger partial charge is 0.220 e. The lowest BCUT2D eigenvalue weighted by Crippen LogP contribution is -2.26. The van der Waals surface area contributed by atoms with Crippen molar-refractivity contribution in [3.63, 3.8) is 0 Å².